The van der Waals surface area contributed by atoms with Crippen molar-refractivity contribution in [1.29, 1.82) is 0 Å². The van der Waals surface area contributed by atoms with Gasteiger partial charge in [0.25, 0.3) is 0 Å². The fourth-order valence-corrected chi connectivity index (χ4v) is 2.54. The minimum atomic E-state index is -0.318. The number of likely N-dealkylation sites (N-methyl/N-ethyl adjacent to an activating group) is 1. The van der Waals surface area contributed by atoms with Crippen molar-refractivity contribution in [3.8, 4) is 5.75 Å². The second-order valence-corrected chi connectivity index (χ2v) is 5.45. The normalized spacial score (nSPS) is 24.4. The van der Waals surface area contributed by atoms with Gasteiger partial charge in [-0.05, 0) is 32.5 Å². The standard InChI is InChI=1S/C13H18BNO3/c1-13(2)8-16-14-12-9(11(18-14)7-15-3)5-4-6-10(12)17-13/h4-6,11,15H,7-8H2,1-3H3. The molecule has 0 radical (unpaired) electrons. The third kappa shape index (κ3) is 1.92. The van der Waals surface area contributed by atoms with E-state index in [2.05, 4.69) is 11.4 Å². The van der Waals surface area contributed by atoms with Crippen LogP contribution in [0.15, 0.2) is 18.2 Å². The quantitative estimate of drug-likeness (QED) is 0.787. The maximum Gasteiger partial charge on any atom is 0.498 e. The molecule has 2 aliphatic heterocycles. The third-order valence-corrected chi connectivity index (χ3v) is 3.33. The second-order valence-electron chi connectivity index (χ2n) is 5.45. The summed E-state index contributed by atoms with van der Waals surface area (Å²) in [6, 6.07) is 6.10. The highest BCUT2D eigenvalue weighted by atomic mass is 16.6. The zero-order valence-electron chi connectivity index (χ0n) is 11.0. The van der Waals surface area contributed by atoms with Crippen LogP contribution in [0.3, 0.4) is 0 Å². The van der Waals surface area contributed by atoms with Gasteiger partial charge in [-0.1, -0.05) is 12.1 Å². The van der Waals surface area contributed by atoms with Gasteiger partial charge in [0.15, 0.2) is 0 Å². The molecule has 0 spiro atoms. The van der Waals surface area contributed by atoms with E-state index in [1.165, 1.54) is 5.56 Å². The van der Waals surface area contributed by atoms with Gasteiger partial charge in [0.2, 0.25) is 0 Å². The van der Waals surface area contributed by atoms with Gasteiger partial charge in [0.05, 0.1) is 12.7 Å². The molecular formula is C13H18BNO3. The Hall–Kier alpha value is -1.04. The Morgan fingerprint density at radius 3 is 3.06 bits per heavy atom. The summed E-state index contributed by atoms with van der Waals surface area (Å²) in [4.78, 5) is 0. The molecule has 1 aromatic rings. The molecule has 96 valence electrons. The van der Waals surface area contributed by atoms with E-state index in [0.717, 1.165) is 17.8 Å². The summed E-state index contributed by atoms with van der Waals surface area (Å²) in [6.07, 6.45) is 0.0414. The van der Waals surface area contributed by atoms with Crippen molar-refractivity contribution in [2.24, 2.45) is 0 Å². The molecule has 0 bridgehead atoms. The average molecular weight is 247 g/mol. The number of ether oxygens (including phenoxy) is 1. The van der Waals surface area contributed by atoms with Gasteiger partial charge in [-0.2, -0.15) is 0 Å². The summed E-state index contributed by atoms with van der Waals surface area (Å²) >= 11 is 0. The second kappa shape index (κ2) is 4.26. The van der Waals surface area contributed by atoms with Crippen LogP contribution in [0.2, 0.25) is 0 Å². The van der Waals surface area contributed by atoms with Crippen LogP contribution in [0.4, 0.5) is 0 Å². The van der Waals surface area contributed by atoms with Gasteiger partial charge < -0.3 is 19.4 Å². The van der Waals surface area contributed by atoms with E-state index < -0.39 is 0 Å². The molecule has 1 atom stereocenters. The molecule has 0 saturated heterocycles. The molecule has 2 aliphatic rings. The zero-order valence-corrected chi connectivity index (χ0v) is 11.0. The molecular weight excluding hydrogens is 229 g/mol. The Bertz CT molecular complexity index is 464. The van der Waals surface area contributed by atoms with E-state index in [0.29, 0.717) is 6.61 Å². The molecule has 1 aromatic carbocycles. The van der Waals surface area contributed by atoms with Crippen LogP contribution >= 0.6 is 0 Å². The first-order valence-corrected chi connectivity index (χ1v) is 6.34. The van der Waals surface area contributed by atoms with Crippen molar-refractivity contribution in [3.05, 3.63) is 23.8 Å². The smallest absolute Gasteiger partial charge is 0.486 e. The van der Waals surface area contributed by atoms with Gasteiger partial charge in [-0.25, -0.2) is 0 Å². The summed E-state index contributed by atoms with van der Waals surface area (Å²) in [5, 5.41) is 3.15. The minimum absolute atomic E-state index is 0.0414. The van der Waals surface area contributed by atoms with Crippen LogP contribution in [0, 0.1) is 0 Å². The lowest BCUT2D eigenvalue weighted by Crippen LogP contribution is -2.35. The molecule has 3 rings (SSSR count). The predicted octanol–water partition coefficient (Wildman–Crippen LogP) is 0.860. The van der Waals surface area contributed by atoms with Crippen molar-refractivity contribution < 1.29 is 14.0 Å². The number of rotatable bonds is 2. The highest BCUT2D eigenvalue weighted by Gasteiger charge is 2.43. The third-order valence-electron chi connectivity index (χ3n) is 3.33. The van der Waals surface area contributed by atoms with Crippen LogP contribution in [0.1, 0.15) is 25.5 Å². The van der Waals surface area contributed by atoms with Gasteiger partial charge in [0.1, 0.15) is 11.4 Å². The molecule has 18 heavy (non-hydrogen) atoms. The summed E-state index contributed by atoms with van der Waals surface area (Å²) in [5.74, 6) is 0.888. The Labute approximate surface area is 108 Å². The first kappa shape index (κ1) is 12.0. The number of hydrogen-bond donors (Lipinski definition) is 1. The van der Waals surface area contributed by atoms with Crippen LogP contribution in [-0.2, 0) is 9.31 Å². The fourth-order valence-electron chi connectivity index (χ4n) is 2.54. The van der Waals surface area contributed by atoms with Crippen molar-refractivity contribution in [1.82, 2.24) is 5.32 Å². The molecule has 5 heteroatoms. The molecule has 1 unspecified atom stereocenters. The van der Waals surface area contributed by atoms with Gasteiger partial charge >= 0.3 is 7.12 Å². The molecule has 0 amide bonds. The Balaban J connectivity index is 2.03. The van der Waals surface area contributed by atoms with Crippen molar-refractivity contribution in [2.45, 2.75) is 25.6 Å². The fraction of sp³-hybridized carbons (Fsp3) is 0.538. The number of nitrogens with one attached hydrogen (secondary N) is 1. The lowest BCUT2D eigenvalue weighted by Gasteiger charge is -2.25. The minimum Gasteiger partial charge on any atom is -0.486 e. The van der Waals surface area contributed by atoms with Crippen molar-refractivity contribution in [2.75, 3.05) is 20.2 Å². The van der Waals surface area contributed by atoms with Crippen molar-refractivity contribution in [3.63, 3.8) is 0 Å². The van der Waals surface area contributed by atoms with Crippen LogP contribution in [-0.4, -0.2) is 32.9 Å². The molecule has 0 fully saturated rings. The topological polar surface area (TPSA) is 39.7 Å². The van der Waals surface area contributed by atoms with E-state index in [1.807, 2.05) is 33.0 Å². The van der Waals surface area contributed by atoms with Gasteiger partial charge in [-0.3, -0.25) is 0 Å². The maximum absolute atomic E-state index is 6.04. The first-order valence-electron chi connectivity index (χ1n) is 6.34. The lowest BCUT2D eigenvalue weighted by atomic mass is 9.78. The molecule has 0 aliphatic carbocycles. The summed E-state index contributed by atoms with van der Waals surface area (Å²) in [7, 11) is 1.63. The van der Waals surface area contributed by atoms with Crippen LogP contribution in [0.25, 0.3) is 0 Å². The Morgan fingerprint density at radius 2 is 2.28 bits per heavy atom. The highest BCUT2D eigenvalue weighted by molar-refractivity contribution is 6.64. The number of hydrogen-bond acceptors (Lipinski definition) is 4. The molecule has 0 aromatic heterocycles. The van der Waals surface area contributed by atoms with Gasteiger partial charge in [-0.15, -0.1) is 0 Å². The Morgan fingerprint density at radius 1 is 1.44 bits per heavy atom. The van der Waals surface area contributed by atoms with E-state index in [9.17, 15) is 0 Å². The highest BCUT2D eigenvalue weighted by Crippen LogP contribution is 2.32. The lowest BCUT2D eigenvalue weighted by molar-refractivity contribution is 0.0433. The summed E-state index contributed by atoms with van der Waals surface area (Å²) < 4.78 is 17.8. The van der Waals surface area contributed by atoms with Crippen LogP contribution in [0.5, 0.6) is 5.75 Å². The number of benzene rings is 1. The maximum atomic E-state index is 6.04. The van der Waals surface area contributed by atoms with E-state index in [4.69, 9.17) is 14.0 Å². The first-order chi connectivity index (χ1) is 8.61. The van der Waals surface area contributed by atoms with E-state index in [-0.39, 0.29) is 18.8 Å². The van der Waals surface area contributed by atoms with Crippen molar-refractivity contribution >= 4 is 12.6 Å². The average Bonchev–Trinajstić information content (AvgIpc) is 2.60. The molecule has 2 heterocycles. The predicted molar refractivity (Wildman–Crippen MR) is 70.2 cm³/mol. The largest absolute Gasteiger partial charge is 0.498 e. The molecule has 1 N–H and O–H groups in total. The Kier molecular flexibility index (Phi) is 2.85. The summed E-state index contributed by atoms with van der Waals surface area (Å²) in [5.41, 5.74) is 1.91. The van der Waals surface area contributed by atoms with E-state index in [1.54, 1.807) is 0 Å². The monoisotopic (exact) mass is 247 g/mol. The van der Waals surface area contributed by atoms with E-state index >= 15 is 0 Å². The summed E-state index contributed by atoms with van der Waals surface area (Å²) in [6.45, 7) is 5.36. The van der Waals surface area contributed by atoms with Crippen LogP contribution < -0.4 is 15.5 Å². The molecule has 4 nitrogen and oxygen atoms in total. The molecule has 0 saturated carbocycles. The zero-order chi connectivity index (χ0) is 12.8. The SMILES string of the molecule is CNCC1OB2OCC(C)(C)Oc3cccc1c32. The van der Waals surface area contributed by atoms with Gasteiger partial charge in [0, 0.05) is 12.0 Å².